The molecule has 0 amide bonds. The predicted octanol–water partition coefficient (Wildman–Crippen LogP) is 11.1. The number of amidine groups is 2. The van der Waals surface area contributed by atoms with Gasteiger partial charge in [-0.05, 0) is 87.9 Å². The minimum atomic E-state index is -0.448. The van der Waals surface area contributed by atoms with E-state index in [1.807, 2.05) is 31.2 Å². The number of aliphatic imine (C=N–C) groups is 2. The van der Waals surface area contributed by atoms with Gasteiger partial charge < -0.3 is 5.32 Å². The molecule has 252 valence electrons. The van der Waals surface area contributed by atoms with Crippen molar-refractivity contribution in [2.45, 2.75) is 45.2 Å². The molecular formula is C48H40N4. The molecule has 0 saturated heterocycles. The molecule has 1 N–H and O–H groups in total. The Labute approximate surface area is 306 Å². The van der Waals surface area contributed by atoms with Gasteiger partial charge in [0.2, 0.25) is 0 Å². The van der Waals surface area contributed by atoms with E-state index in [4.69, 9.17) is 9.98 Å². The zero-order valence-electron chi connectivity index (χ0n) is 29.6. The zero-order chi connectivity index (χ0) is 35.4. The van der Waals surface area contributed by atoms with Crippen molar-refractivity contribution in [1.82, 2.24) is 5.32 Å². The van der Waals surface area contributed by atoms with Crippen LogP contribution in [0.1, 0.15) is 54.9 Å². The molecule has 2 atom stereocenters. The van der Waals surface area contributed by atoms with E-state index in [9.17, 15) is 5.26 Å². The Morgan fingerprint density at radius 2 is 1.52 bits per heavy atom. The van der Waals surface area contributed by atoms with E-state index in [0.717, 1.165) is 47.6 Å². The van der Waals surface area contributed by atoms with Gasteiger partial charge in [-0.2, -0.15) is 5.26 Å². The molecule has 0 bridgehead atoms. The number of fused-ring (bicyclic) bond motifs is 3. The molecule has 0 fully saturated rings. The Morgan fingerprint density at radius 3 is 2.25 bits per heavy atom. The molecule has 1 aliphatic heterocycles. The van der Waals surface area contributed by atoms with Crippen molar-refractivity contribution in [2.75, 3.05) is 0 Å². The van der Waals surface area contributed by atoms with Gasteiger partial charge in [0.1, 0.15) is 11.7 Å². The third-order valence-corrected chi connectivity index (χ3v) is 10.2. The molecule has 0 saturated carbocycles. The summed E-state index contributed by atoms with van der Waals surface area (Å²) in [4.78, 5) is 10.3. The summed E-state index contributed by atoms with van der Waals surface area (Å²) in [7, 11) is 0. The van der Waals surface area contributed by atoms with Gasteiger partial charge in [0.25, 0.3) is 0 Å². The van der Waals surface area contributed by atoms with E-state index in [2.05, 4.69) is 146 Å². The number of benzene rings is 5. The van der Waals surface area contributed by atoms with Crippen molar-refractivity contribution in [2.24, 2.45) is 9.98 Å². The number of rotatable bonds is 8. The van der Waals surface area contributed by atoms with Crippen molar-refractivity contribution in [3.05, 3.63) is 191 Å². The van der Waals surface area contributed by atoms with Gasteiger partial charge in [0, 0.05) is 22.6 Å². The summed E-state index contributed by atoms with van der Waals surface area (Å²) in [6.07, 6.45) is 12.6. The Morgan fingerprint density at radius 1 is 0.788 bits per heavy atom. The first-order valence-corrected chi connectivity index (χ1v) is 18.2. The highest BCUT2D eigenvalue weighted by Crippen LogP contribution is 2.45. The number of hydrogen-bond donors (Lipinski definition) is 1. The van der Waals surface area contributed by atoms with Crippen molar-refractivity contribution in [3.63, 3.8) is 0 Å². The fraction of sp³-hybridized carbons (Fsp3) is 0.146. The lowest BCUT2D eigenvalue weighted by atomic mass is 9.83. The first-order chi connectivity index (χ1) is 25.6. The van der Waals surface area contributed by atoms with E-state index >= 15 is 0 Å². The third kappa shape index (κ3) is 6.50. The monoisotopic (exact) mass is 672 g/mol. The molecule has 52 heavy (non-hydrogen) atoms. The predicted molar refractivity (Wildman–Crippen MR) is 215 cm³/mol. The summed E-state index contributed by atoms with van der Waals surface area (Å²) >= 11 is 0. The van der Waals surface area contributed by atoms with Crippen LogP contribution < -0.4 is 5.32 Å². The van der Waals surface area contributed by atoms with E-state index in [1.54, 1.807) is 0 Å². The van der Waals surface area contributed by atoms with Gasteiger partial charge in [-0.25, -0.2) is 9.98 Å². The van der Waals surface area contributed by atoms with Crippen LogP contribution in [0.4, 0.5) is 0 Å². The van der Waals surface area contributed by atoms with Crippen LogP contribution in [-0.4, -0.2) is 17.8 Å². The van der Waals surface area contributed by atoms with Gasteiger partial charge in [-0.3, -0.25) is 0 Å². The van der Waals surface area contributed by atoms with Gasteiger partial charge in [0.15, 0.2) is 6.17 Å². The quantitative estimate of drug-likeness (QED) is 0.164. The van der Waals surface area contributed by atoms with Crippen LogP contribution >= 0.6 is 0 Å². The minimum absolute atomic E-state index is 0.0198. The average Bonchev–Trinajstić information content (AvgIpc) is 3.60. The standard InChI is InChI=1S/C48H40N4/c1-3-5-13-33(4-2)46-50-47(37-16-10-7-11-17-37)52-48(51-46)42-27-32(31-49)26-41(29-42)38-24-25-39-28-40-18-12-19-43(45(40)44(39)30-38)36-22-20-35(21-23-36)34-14-8-6-9-15-34/h4-27,30,41,48H,3,28-29H2,1-2H3,(H,50,51,52)/b13-5-,33-4+. The molecular weight excluding hydrogens is 633 g/mol. The summed E-state index contributed by atoms with van der Waals surface area (Å²) in [5.74, 6) is 1.59. The summed E-state index contributed by atoms with van der Waals surface area (Å²) in [6, 6.07) is 45.7. The molecule has 1 heterocycles. The molecule has 2 unspecified atom stereocenters. The Bertz CT molecular complexity index is 2370. The highest BCUT2D eigenvalue weighted by molar-refractivity contribution is 6.16. The normalized spacial score (nSPS) is 18.0. The van der Waals surface area contributed by atoms with E-state index in [0.29, 0.717) is 5.57 Å². The van der Waals surface area contributed by atoms with Crippen molar-refractivity contribution < 1.29 is 0 Å². The second kappa shape index (κ2) is 14.5. The molecule has 0 radical (unpaired) electrons. The molecule has 5 aromatic rings. The maximum absolute atomic E-state index is 10.3. The van der Waals surface area contributed by atoms with E-state index in [1.165, 1.54) is 50.1 Å². The maximum Gasteiger partial charge on any atom is 0.166 e. The Balaban J connectivity index is 1.14. The summed E-state index contributed by atoms with van der Waals surface area (Å²) in [5.41, 5.74) is 15.1. The highest BCUT2D eigenvalue weighted by Gasteiger charge is 2.29. The van der Waals surface area contributed by atoms with Crippen LogP contribution in [0.25, 0.3) is 33.4 Å². The smallest absolute Gasteiger partial charge is 0.166 e. The molecule has 3 aliphatic rings. The van der Waals surface area contributed by atoms with Gasteiger partial charge in [0.05, 0.1) is 6.07 Å². The summed E-state index contributed by atoms with van der Waals surface area (Å²) in [5, 5.41) is 13.8. The number of hydrogen-bond acceptors (Lipinski definition) is 4. The number of nitrogens with zero attached hydrogens (tertiary/aromatic N) is 3. The molecule has 8 rings (SSSR count). The minimum Gasteiger partial charge on any atom is -0.324 e. The maximum atomic E-state index is 10.3. The highest BCUT2D eigenvalue weighted by atomic mass is 15.2. The lowest BCUT2D eigenvalue weighted by molar-refractivity contribution is 0.697. The van der Waals surface area contributed by atoms with Crippen LogP contribution in [-0.2, 0) is 6.42 Å². The van der Waals surface area contributed by atoms with Crippen LogP contribution in [0.5, 0.6) is 0 Å². The number of allylic oxidation sites excluding steroid dienone is 5. The van der Waals surface area contributed by atoms with Gasteiger partial charge in [-0.15, -0.1) is 0 Å². The first-order valence-electron chi connectivity index (χ1n) is 18.2. The number of nitrogens with one attached hydrogen (secondary N) is 1. The van der Waals surface area contributed by atoms with Crippen molar-refractivity contribution in [1.29, 1.82) is 5.26 Å². The molecule has 2 aliphatic carbocycles. The lowest BCUT2D eigenvalue weighted by Crippen LogP contribution is -2.38. The number of nitriles is 1. The van der Waals surface area contributed by atoms with Crippen LogP contribution in [0.3, 0.4) is 0 Å². The SMILES string of the molecule is C/C=C(\C=C/CC)C1=NC(C2=CC(C#N)=CC(c3ccc4c(c3)-c3c(cccc3-c3ccc(-c5ccccc5)cc3)C4)C2)N=C(c2ccccc2)N1. The van der Waals surface area contributed by atoms with Crippen LogP contribution in [0.15, 0.2) is 178 Å². The topological polar surface area (TPSA) is 60.5 Å². The zero-order valence-corrected chi connectivity index (χ0v) is 29.6. The summed E-state index contributed by atoms with van der Waals surface area (Å²) < 4.78 is 0. The fourth-order valence-corrected chi connectivity index (χ4v) is 7.56. The Kier molecular flexibility index (Phi) is 9.17. The van der Waals surface area contributed by atoms with Crippen LogP contribution in [0, 0.1) is 11.3 Å². The van der Waals surface area contributed by atoms with E-state index in [-0.39, 0.29) is 5.92 Å². The Hall–Kier alpha value is -6.31. The summed E-state index contributed by atoms with van der Waals surface area (Å²) in [6.45, 7) is 4.16. The average molecular weight is 673 g/mol. The largest absolute Gasteiger partial charge is 0.324 e. The third-order valence-electron chi connectivity index (χ3n) is 10.2. The van der Waals surface area contributed by atoms with Gasteiger partial charge >= 0.3 is 0 Å². The van der Waals surface area contributed by atoms with Gasteiger partial charge in [-0.1, -0.05) is 153 Å². The lowest BCUT2D eigenvalue weighted by Gasteiger charge is -2.27. The first kappa shape index (κ1) is 32.9. The van der Waals surface area contributed by atoms with Crippen molar-refractivity contribution >= 4 is 11.7 Å². The molecule has 0 spiro atoms. The molecule has 4 heteroatoms. The molecule has 4 nitrogen and oxygen atoms in total. The molecule has 5 aromatic carbocycles. The second-order valence-corrected chi connectivity index (χ2v) is 13.5. The van der Waals surface area contributed by atoms with Crippen molar-refractivity contribution in [3.8, 4) is 39.4 Å². The van der Waals surface area contributed by atoms with Crippen LogP contribution in [0.2, 0.25) is 0 Å². The molecule has 0 aromatic heterocycles. The van der Waals surface area contributed by atoms with E-state index < -0.39 is 6.17 Å². The second-order valence-electron chi connectivity index (χ2n) is 13.5. The fourth-order valence-electron chi connectivity index (χ4n) is 7.56.